The number of aromatic nitrogens is 3. The molecule has 1 aliphatic heterocycles. The van der Waals surface area contributed by atoms with E-state index in [0.29, 0.717) is 38.6 Å². The summed E-state index contributed by atoms with van der Waals surface area (Å²) in [6.45, 7) is 5.02. The van der Waals surface area contributed by atoms with Crippen molar-refractivity contribution in [3.05, 3.63) is 30.0 Å². The molecule has 0 aliphatic carbocycles. The highest BCUT2D eigenvalue weighted by Gasteiger charge is 2.19. The van der Waals surface area contributed by atoms with Gasteiger partial charge in [0.15, 0.2) is 5.16 Å². The maximum Gasteiger partial charge on any atom is 0.233 e. The Morgan fingerprint density at radius 3 is 2.91 bits per heavy atom. The molecule has 0 unspecified atom stereocenters. The number of aryl methyl sites for hydroxylation is 1. The van der Waals surface area contributed by atoms with Gasteiger partial charge in [0.2, 0.25) is 5.91 Å². The highest BCUT2D eigenvalue weighted by molar-refractivity contribution is 7.99. The van der Waals surface area contributed by atoms with Crippen LogP contribution in [-0.2, 0) is 16.1 Å². The van der Waals surface area contributed by atoms with Crippen molar-refractivity contribution >= 4 is 17.7 Å². The summed E-state index contributed by atoms with van der Waals surface area (Å²) in [4.78, 5) is 14.0. The zero-order valence-electron chi connectivity index (χ0n) is 12.4. The third-order valence-electron chi connectivity index (χ3n) is 3.48. The second-order valence-electron chi connectivity index (χ2n) is 4.98. The fourth-order valence-electron chi connectivity index (χ4n) is 2.24. The Morgan fingerprint density at radius 2 is 2.18 bits per heavy atom. The number of rotatable bonds is 5. The first-order chi connectivity index (χ1) is 10.7. The van der Waals surface area contributed by atoms with Crippen LogP contribution in [0.1, 0.15) is 11.6 Å². The van der Waals surface area contributed by atoms with Crippen LogP contribution in [0.5, 0.6) is 0 Å². The zero-order valence-corrected chi connectivity index (χ0v) is 13.2. The Kier molecular flexibility index (Phi) is 4.79. The molecule has 3 rings (SSSR count). The van der Waals surface area contributed by atoms with E-state index >= 15 is 0 Å². The van der Waals surface area contributed by atoms with Gasteiger partial charge in [0.1, 0.15) is 11.6 Å². The fourth-order valence-corrected chi connectivity index (χ4v) is 3.13. The van der Waals surface area contributed by atoms with Crippen LogP contribution < -0.4 is 0 Å². The molecule has 7 nitrogen and oxygen atoms in total. The van der Waals surface area contributed by atoms with E-state index in [1.807, 2.05) is 28.5 Å². The normalized spacial score (nSPS) is 15.2. The van der Waals surface area contributed by atoms with Gasteiger partial charge in [0.05, 0.1) is 31.8 Å². The second-order valence-corrected chi connectivity index (χ2v) is 5.92. The van der Waals surface area contributed by atoms with Gasteiger partial charge in [-0.2, -0.15) is 0 Å². The molecule has 2 aromatic rings. The summed E-state index contributed by atoms with van der Waals surface area (Å²) in [5.74, 6) is 2.11. The average molecular weight is 322 g/mol. The van der Waals surface area contributed by atoms with Crippen molar-refractivity contribution in [3.8, 4) is 0 Å². The minimum atomic E-state index is 0.110. The Labute approximate surface area is 132 Å². The summed E-state index contributed by atoms with van der Waals surface area (Å²) in [6, 6.07) is 3.76. The van der Waals surface area contributed by atoms with E-state index in [4.69, 9.17) is 9.15 Å². The van der Waals surface area contributed by atoms with E-state index in [0.717, 1.165) is 16.7 Å². The van der Waals surface area contributed by atoms with Crippen molar-refractivity contribution in [1.29, 1.82) is 0 Å². The van der Waals surface area contributed by atoms with Crippen molar-refractivity contribution in [2.45, 2.75) is 18.6 Å². The molecule has 0 spiro atoms. The third-order valence-corrected chi connectivity index (χ3v) is 4.44. The van der Waals surface area contributed by atoms with Gasteiger partial charge in [-0.1, -0.05) is 11.8 Å². The molecule has 0 saturated carbocycles. The Balaban J connectivity index is 1.61. The lowest BCUT2D eigenvalue weighted by Crippen LogP contribution is -2.41. The van der Waals surface area contributed by atoms with Crippen molar-refractivity contribution in [2.75, 3.05) is 32.1 Å². The Morgan fingerprint density at radius 1 is 1.36 bits per heavy atom. The molecule has 1 aliphatic rings. The van der Waals surface area contributed by atoms with E-state index in [2.05, 4.69) is 10.2 Å². The van der Waals surface area contributed by atoms with Gasteiger partial charge in [0, 0.05) is 13.1 Å². The molecule has 1 fully saturated rings. The molecule has 3 heterocycles. The van der Waals surface area contributed by atoms with Crippen LogP contribution in [0.25, 0.3) is 0 Å². The minimum Gasteiger partial charge on any atom is -0.467 e. The number of hydrogen-bond donors (Lipinski definition) is 0. The molecule has 0 atom stereocenters. The maximum atomic E-state index is 12.2. The van der Waals surface area contributed by atoms with Crippen molar-refractivity contribution in [1.82, 2.24) is 19.7 Å². The molecule has 8 heteroatoms. The Bertz CT molecular complexity index is 620. The Hall–Kier alpha value is -1.80. The number of amides is 1. The second kappa shape index (κ2) is 6.97. The van der Waals surface area contributed by atoms with Gasteiger partial charge >= 0.3 is 0 Å². The molecule has 1 amide bonds. The topological polar surface area (TPSA) is 73.4 Å². The SMILES string of the molecule is Cc1nnc(SCC(=O)N2CCOCC2)n1Cc1ccco1. The molecule has 0 bridgehead atoms. The van der Waals surface area contributed by atoms with E-state index in [1.54, 1.807) is 6.26 Å². The molecular formula is C14H18N4O3S. The summed E-state index contributed by atoms with van der Waals surface area (Å²) >= 11 is 1.41. The standard InChI is InChI=1S/C14H18N4O3S/c1-11-15-16-14(18(11)9-12-3-2-6-21-12)22-10-13(19)17-4-7-20-8-5-17/h2-3,6H,4-5,7-10H2,1H3. The van der Waals surface area contributed by atoms with Crippen LogP contribution >= 0.6 is 11.8 Å². The number of ether oxygens (including phenoxy) is 1. The highest BCUT2D eigenvalue weighted by atomic mass is 32.2. The van der Waals surface area contributed by atoms with Crippen LogP contribution in [0.3, 0.4) is 0 Å². The van der Waals surface area contributed by atoms with E-state index in [-0.39, 0.29) is 5.91 Å². The van der Waals surface area contributed by atoms with Crippen LogP contribution in [-0.4, -0.2) is 57.6 Å². The molecule has 118 valence electrons. The van der Waals surface area contributed by atoms with E-state index in [1.165, 1.54) is 11.8 Å². The number of nitrogens with zero attached hydrogens (tertiary/aromatic N) is 4. The molecule has 1 saturated heterocycles. The van der Waals surface area contributed by atoms with Crippen LogP contribution in [0.15, 0.2) is 28.0 Å². The summed E-state index contributed by atoms with van der Waals surface area (Å²) in [6.07, 6.45) is 1.64. The fraction of sp³-hybridized carbons (Fsp3) is 0.500. The number of carbonyl (C=O) groups excluding carboxylic acids is 1. The third kappa shape index (κ3) is 3.50. The first kappa shape index (κ1) is 15.1. The van der Waals surface area contributed by atoms with Gasteiger partial charge in [-0.3, -0.25) is 9.36 Å². The number of furan rings is 1. The first-order valence-electron chi connectivity index (χ1n) is 7.14. The predicted octanol–water partition coefficient (Wildman–Crippen LogP) is 1.18. The lowest BCUT2D eigenvalue weighted by molar-refractivity contribution is -0.132. The number of carbonyl (C=O) groups is 1. The number of hydrogen-bond acceptors (Lipinski definition) is 6. The number of thioether (sulfide) groups is 1. The molecule has 2 aromatic heterocycles. The lowest BCUT2D eigenvalue weighted by Gasteiger charge is -2.26. The summed E-state index contributed by atoms with van der Waals surface area (Å²) in [7, 11) is 0. The van der Waals surface area contributed by atoms with Crippen LogP contribution in [0.4, 0.5) is 0 Å². The first-order valence-corrected chi connectivity index (χ1v) is 8.13. The van der Waals surface area contributed by atoms with E-state index < -0.39 is 0 Å². The van der Waals surface area contributed by atoms with Crippen LogP contribution in [0, 0.1) is 6.92 Å². The minimum absolute atomic E-state index is 0.110. The predicted molar refractivity (Wildman–Crippen MR) is 80.7 cm³/mol. The van der Waals surface area contributed by atoms with Crippen LogP contribution in [0.2, 0.25) is 0 Å². The van der Waals surface area contributed by atoms with Crippen molar-refractivity contribution in [2.24, 2.45) is 0 Å². The largest absolute Gasteiger partial charge is 0.467 e. The molecule has 0 radical (unpaired) electrons. The quantitative estimate of drug-likeness (QED) is 0.770. The average Bonchev–Trinajstić information content (AvgIpc) is 3.18. The zero-order chi connectivity index (χ0) is 15.4. The van der Waals surface area contributed by atoms with Gasteiger partial charge in [-0.05, 0) is 19.1 Å². The van der Waals surface area contributed by atoms with Gasteiger partial charge in [-0.25, -0.2) is 0 Å². The van der Waals surface area contributed by atoms with Gasteiger partial charge < -0.3 is 14.1 Å². The summed E-state index contributed by atoms with van der Waals surface area (Å²) < 4.78 is 12.6. The smallest absolute Gasteiger partial charge is 0.233 e. The van der Waals surface area contributed by atoms with E-state index in [9.17, 15) is 4.79 Å². The van der Waals surface area contributed by atoms with Gasteiger partial charge in [-0.15, -0.1) is 10.2 Å². The lowest BCUT2D eigenvalue weighted by atomic mass is 10.4. The highest BCUT2D eigenvalue weighted by Crippen LogP contribution is 2.19. The monoisotopic (exact) mass is 322 g/mol. The molecule has 22 heavy (non-hydrogen) atoms. The number of morpholine rings is 1. The summed E-state index contributed by atoms with van der Waals surface area (Å²) in [5.41, 5.74) is 0. The van der Waals surface area contributed by atoms with Gasteiger partial charge in [0.25, 0.3) is 0 Å². The molecule has 0 N–H and O–H groups in total. The molecule has 0 aromatic carbocycles. The van der Waals surface area contributed by atoms with Crippen molar-refractivity contribution in [3.63, 3.8) is 0 Å². The molecular weight excluding hydrogens is 304 g/mol. The maximum absolute atomic E-state index is 12.2. The van der Waals surface area contributed by atoms with Crippen molar-refractivity contribution < 1.29 is 13.9 Å². The summed E-state index contributed by atoms with van der Waals surface area (Å²) in [5, 5.41) is 8.98.